The van der Waals surface area contributed by atoms with Gasteiger partial charge in [0.2, 0.25) is 0 Å². The molecular formula is C21H19ClN2O6. The fourth-order valence-corrected chi connectivity index (χ4v) is 2.73. The zero-order chi connectivity index (χ0) is 21.7. The van der Waals surface area contributed by atoms with Crippen LogP contribution in [0.15, 0.2) is 51.7 Å². The Morgan fingerprint density at radius 1 is 0.900 bits per heavy atom. The van der Waals surface area contributed by atoms with Gasteiger partial charge in [0.05, 0.1) is 0 Å². The first-order valence-electron chi connectivity index (χ1n) is 8.96. The maximum Gasteiger partial charge on any atom is 0.336 e. The largest absolute Gasteiger partial charge is 0.484 e. The van der Waals surface area contributed by atoms with Crippen molar-refractivity contribution in [2.45, 2.75) is 13.8 Å². The van der Waals surface area contributed by atoms with Gasteiger partial charge in [0, 0.05) is 22.5 Å². The molecule has 30 heavy (non-hydrogen) atoms. The molecule has 3 aromatic rings. The fraction of sp³-hybridized carbons (Fsp3) is 0.190. The van der Waals surface area contributed by atoms with E-state index in [4.69, 9.17) is 25.5 Å². The summed E-state index contributed by atoms with van der Waals surface area (Å²) in [6.07, 6.45) is 0. The summed E-state index contributed by atoms with van der Waals surface area (Å²) >= 11 is 5.93. The van der Waals surface area contributed by atoms with Crippen molar-refractivity contribution in [3.8, 4) is 11.5 Å². The number of amides is 2. The third-order valence-electron chi connectivity index (χ3n) is 4.13. The molecule has 1 aromatic heterocycles. The van der Waals surface area contributed by atoms with Crippen LogP contribution >= 0.6 is 11.6 Å². The average Bonchev–Trinajstić information content (AvgIpc) is 2.71. The second-order valence-corrected chi connectivity index (χ2v) is 6.90. The Kier molecular flexibility index (Phi) is 6.58. The van der Waals surface area contributed by atoms with Crippen LogP contribution in [0.4, 0.5) is 0 Å². The van der Waals surface area contributed by atoms with E-state index >= 15 is 0 Å². The van der Waals surface area contributed by atoms with Crippen molar-refractivity contribution in [1.29, 1.82) is 0 Å². The van der Waals surface area contributed by atoms with Gasteiger partial charge in [0.1, 0.15) is 17.1 Å². The summed E-state index contributed by atoms with van der Waals surface area (Å²) in [4.78, 5) is 35.1. The van der Waals surface area contributed by atoms with Gasteiger partial charge in [0.25, 0.3) is 11.8 Å². The minimum Gasteiger partial charge on any atom is -0.484 e. The standard InChI is InChI=1S/C21H19ClN2O6/c1-12-8-21(27)30-18-9-15(3-5-16(12)18)29-11-20(26)24-23-19(25)10-28-14-4-6-17(22)13(2)7-14/h3-9H,10-11H2,1-2H3,(H,23,25)(H,24,26). The molecule has 0 saturated carbocycles. The number of carbonyl (C=O) groups is 2. The van der Waals surface area contributed by atoms with Crippen molar-refractivity contribution >= 4 is 34.4 Å². The molecule has 0 radical (unpaired) electrons. The Morgan fingerprint density at radius 2 is 1.50 bits per heavy atom. The van der Waals surface area contributed by atoms with Crippen molar-refractivity contribution in [2.24, 2.45) is 0 Å². The zero-order valence-electron chi connectivity index (χ0n) is 16.3. The highest BCUT2D eigenvalue weighted by Gasteiger charge is 2.09. The van der Waals surface area contributed by atoms with Crippen LogP contribution in [0.1, 0.15) is 11.1 Å². The fourth-order valence-electron chi connectivity index (χ4n) is 2.61. The maximum absolute atomic E-state index is 11.9. The van der Waals surface area contributed by atoms with Crippen LogP contribution in [-0.4, -0.2) is 25.0 Å². The van der Waals surface area contributed by atoms with E-state index in [1.54, 1.807) is 37.3 Å². The molecule has 0 unspecified atom stereocenters. The zero-order valence-corrected chi connectivity index (χ0v) is 17.0. The molecule has 8 nitrogen and oxygen atoms in total. The summed E-state index contributed by atoms with van der Waals surface area (Å²) in [6.45, 7) is 2.98. The van der Waals surface area contributed by atoms with Gasteiger partial charge in [-0.1, -0.05) is 11.6 Å². The van der Waals surface area contributed by atoms with Crippen molar-refractivity contribution in [3.63, 3.8) is 0 Å². The van der Waals surface area contributed by atoms with Gasteiger partial charge in [-0.25, -0.2) is 4.79 Å². The van der Waals surface area contributed by atoms with Crippen molar-refractivity contribution in [3.05, 3.63) is 69.0 Å². The normalized spacial score (nSPS) is 10.5. The summed E-state index contributed by atoms with van der Waals surface area (Å²) in [5, 5.41) is 1.37. The number of hydrazine groups is 1. The van der Waals surface area contributed by atoms with Crippen LogP contribution in [-0.2, 0) is 9.59 Å². The second kappa shape index (κ2) is 9.32. The SMILES string of the molecule is Cc1cc(OCC(=O)NNC(=O)COc2ccc3c(C)cc(=O)oc3c2)ccc1Cl. The van der Waals surface area contributed by atoms with E-state index in [0.717, 1.165) is 16.5 Å². The number of hydrogen-bond acceptors (Lipinski definition) is 6. The van der Waals surface area contributed by atoms with Crippen LogP contribution in [0, 0.1) is 13.8 Å². The lowest BCUT2D eigenvalue weighted by atomic mass is 10.1. The molecule has 1 heterocycles. The van der Waals surface area contributed by atoms with E-state index in [-0.39, 0.29) is 13.2 Å². The van der Waals surface area contributed by atoms with Crippen molar-refractivity contribution in [2.75, 3.05) is 13.2 Å². The molecule has 0 atom stereocenters. The average molecular weight is 431 g/mol. The maximum atomic E-state index is 11.9. The first-order valence-corrected chi connectivity index (χ1v) is 9.33. The van der Waals surface area contributed by atoms with Crippen molar-refractivity contribution < 1.29 is 23.5 Å². The molecule has 0 aliphatic carbocycles. The minimum atomic E-state index is -0.573. The molecular weight excluding hydrogens is 412 g/mol. The molecule has 0 saturated heterocycles. The van der Waals surface area contributed by atoms with Crippen LogP contribution in [0.2, 0.25) is 5.02 Å². The van der Waals surface area contributed by atoms with E-state index in [2.05, 4.69) is 10.9 Å². The smallest absolute Gasteiger partial charge is 0.336 e. The quantitative estimate of drug-likeness (QED) is 0.460. The summed E-state index contributed by atoms with van der Waals surface area (Å²) in [7, 11) is 0. The number of benzene rings is 2. The highest BCUT2D eigenvalue weighted by Crippen LogP contribution is 2.22. The first-order chi connectivity index (χ1) is 14.3. The van der Waals surface area contributed by atoms with E-state index in [1.165, 1.54) is 12.1 Å². The lowest BCUT2D eigenvalue weighted by molar-refractivity contribution is -0.131. The summed E-state index contributed by atoms with van der Waals surface area (Å²) in [5.74, 6) is -0.283. The number of ether oxygens (including phenoxy) is 2. The van der Waals surface area contributed by atoms with E-state index in [1.807, 2.05) is 6.92 Å². The van der Waals surface area contributed by atoms with E-state index in [0.29, 0.717) is 22.1 Å². The highest BCUT2D eigenvalue weighted by atomic mass is 35.5. The first kappa shape index (κ1) is 21.2. The number of fused-ring (bicyclic) bond motifs is 1. The number of halogens is 1. The third kappa shape index (κ3) is 5.51. The van der Waals surface area contributed by atoms with Crippen molar-refractivity contribution in [1.82, 2.24) is 10.9 Å². The highest BCUT2D eigenvalue weighted by molar-refractivity contribution is 6.31. The van der Waals surface area contributed by atoms with E-state index in [9.17, 15) is 14.4 Å². The van der Waals surface area contributed by atoms with Gasteiger partial charge in [-0.05, 0) is 55.3 Å². The molecule has 0 bridgehead atoms. The predicted molar refractivity (Wildman–Crippen MR) is 111 cm³/mol. The lowest BCUT2D eigenvalue weighted by Gasteiger charge is -2.10. The van der Waals surface area contributed by atoms with E-state index < -0.39 is 17.4 Å². The molecule has 2 N–H and O–H groups in total. The van der Waals surface area contributed by atoms with Crippen LogP contribution in [0.25, 0.3) is 11.0 Å². The van der Waals surface area contributed by atoms with Crippen LogP contribution < -0.4 is 26.0 Å². The second-order valence-electron chi connectivity index (χ2n) is 6.49. The summed E-state index contributed by atoms with van der Waals surface area (Å²) in [6, 6.07) is 11.3. The Balaban J connectivity index is 1.45. The lowest BCUT2D eigenvalue weighted by Crippen LogP contribution is -2.45. The minimum absolute atomic E-state index is 0.286. The molecule has 0 fully saturated rings. The third-order valence-corrected chi connectivity index (χ3v) is 4.56. The van der Waals surface area contributed by atoms with Gasteiger partial charge < -0.3 is 13.9 Å². The molecule has 0 aliphatic rings. The topological polar surface area (TPSA) is 107 Å². The van der Waals surface area contributed by atoms with Crippen LogP contribution in [0.5, 0.6) is 11.5 Å². The number of carbonyl (C=O) groups excluding carboxylic acids is 2. The predicted octanol–water partition coefficient (Wildman–Crippen LogP) is 2.67. The Morgan fingerprint density at radius 3 is 2.13 bits per heavy atom. The number of hydrogen-bond donors (Lipinski definition) is 2. The van der Waals surface area contributed by atoms with Gasteiger partial charge in [-0.3, -0.25) is 20.4 Å². The van der Waals surface area contributed by atoms with Gasteiger partial charge >= 0.3 is 5.63 Å². The van der Waals surface area contributed by atoms with Gasteiger partial charge in [-0.2, -0.15) is 0 Å². The van der Waals surface area contributed by atoms with Crippen LogP contribution in [0.3, 0.4) is 0 Å². The number of aryl methyl sites for hydroxylation is 2. The monoisotopic (exact) mass is 430 g/mol. The molecule has 2 aromatic carbocycles. The Hall–Kier alpha value is -3.52. The number of rotatable bonds is 6. The van der Waals surface area contributed by atoms with Gasteiger partial charge in [0.15, 0.2) is 13.2 Å². The summed E-state index contributed by atoms with van der Waals surface area (Å²) in [5.41, 5.74) is 5.96. The van der Waals surface area contributed by atoms with Gasteiger partial charge in [-0.15, -0.1) is 0 Å². The molecule has 2 amide bonds. The molecule has 9 heteroatoms. The molecule has 0 aliphatic heterocycles. The molecule has 0 spiro atoms. The molecule has 156 valence electrons. The number of nitrogens with one attached hydrogen (secondary N) is 2. The summed E-state index contributed by atoms with van der Waals surface area (Å²) < 4.78 is 15.8. The Bertz CT molecular complexity index is 1160. The molecule has 3 rings (SSSR count). The Labute approximate surface area is 176 Å².